The van der Waals surface area contributed by atoms with Crippen molar-refractivity contribution in [3.05, 3.63) is 55.2 Å². The predicted molar refractivity (Wildman–Crippen MR) is 113 cm³/mol. The number of ketones is 1. The fourth-order valence-corrected chi connectivity index (χ4v) is 5.33. The van der Waals surface area contributed by atoms with E-state index in [1.54, 1.807) is 12.1 Å². The second kappa shape index (κ2) is 7.91. The van der Waals surface area contributed by atoms with Crippen LogP contribution in [0.25, 0.3) is 0 Å². The van der Waals surface area contributed by atoms with E-state index in [0.29, 0.717) is 40.3 Å². The molecule has 0 aliphatic carbocycles. The summed E-state index contributed by atoms with van der Waals surface area (Å²) in [7, 11) is 0. The van der Waals surface area contributed by atoms with Crippen molar-refractivity contribution in [2.45, 2.75) is 45.3 Å². The van der Waals surface area contributed by atoms with E-state index in [1.807, 2.05) is 26.0 Å². The van der Waals surface area contributed by atoms with Gasteiger partial charge in [-0.2, -0.15) is 0 Å². The van der Waals surface area contributed by atoms with Crippen LogP contribution in [0.2, 0.25) is 0 Å². The smallest absolute Gasteiger partial charge is 0.337 e. The van der Waals surface area contributed by atoms with Crippen LogP contribution in [0.3, 0.4) is 0 Å². The Morgan fingerprint density at radius 2 is 2.04 bits per heavy atom. The molecular weight excluding hydrogens is 448 g/mol. The highest BCUT2D eigenvalue weighted by Gasteiger charge is 2.33. The quantitative estimate of drug-likeness (QED) is 0.465. The standard InChI is InChI=1S/C20H19BrO4S2/c1-20(2)9-13-17(10-25-20)27-16(18(13)19(23)24)8-11(26)7-15(22)12-5-3-4-6-14(12)21/h3-6H,7-10H2,1-2H3,(H,23,24). The Balaban J connectivity index is 1.81. The molecule has 142 valence electrons. The highest BCUT2D eigenvalue weighted by molar-refractivity contribution is 9.10. The second-order valence-electron chi connectivity index (χ2n) is 7.13. The Hall–Kier alpha value is -1.41. The first kappa shape index (κ1) is 20.3. The lowest BCUT2D eigenvalue weighted by atomic mass is 9.92. The van der Waals surface area contributed by atoms with Gasteiger partial charge in [0.1, 0.15) is 0 Å². The number of rotatable bonds is 6. The number of fused-ring (bicyclic) bond motifs is 1. The van der Waals surface area contributed by atoms with Gasteiger partial charge in [-0.15, -0.1) is 11.3 Å². The van der Waals surface area contributed by atoms with E-state index >= 15 is 0 Å². The van der Waals surface area contributed by atoms with Gasteiger partial charge in [0.05, 0.1) is 17.8 Å². The van der Waals surface area contributed by atoms with E-state index in [1.165, 1.54) is 11.3 Å². The first-order valence-corrected chi connectivity index (χ1v) is 10.5. The number of carboxylic acid groups (broad SMARTS) is 1. The molecule has 0 atom stereocenters. The van der Waals surface area contributed by atoms with Crippen molar-refractivity contribution >= 4 is 56.1 Å². The van der Waals surface area contributed by atoms with Crippen molar-refractivity contribution in [3.63, 3.8) is 0 Å². The minimum Gasteiger partial charge on any atom is -0.478 e. The molecule has 0 saturated heterocycles. The monoisotopic (exact) mass is 466 g/mol. The predicted octanol–water partition coefficient (Wildman–Crippen LogP) is 5.25. The molecule has 0 amide bonds. The fraction of sp³-hybridized carbons (Fsp3) is 0.350. The summed E-state index contributed by atoms with van der Waals surface area (Å²) in [6.45, 7) is 4.33. The molecule has 1 aliphatic heterocycles. The van der Waals surface area contributed by atoms with Gasteiger partial charge in [-0.25, -0.2) is 4.79 Å². The summed E-state index contributed by atoms with van der Waals surface area (Å²) in [5, 5.41) is 9.74. The maximum absolute atomic E-state index is 12.5. The number of thiophene rings is 1. The van der Waals surface area contributed by atoms with Gasteiger partial charge in [0, 0.05) is 43.9 Å². The van der Waals surface area contributed by atoms with Crippen LogP contribution in [0.15, 0.2) is 28.7 Å². The van der Waals surface area contributed by atoms with Crippen molar-refractivity contribution < 1.29 is 19.4 Å². The number of hydrogen-bond acceptors (Lipinski definition) is 5. The minimum absolute atomic E-state index is 0.0739. The number of benzene rings is 1. The normalized spacial score (nSPS) is 15.2. The molecule has 1 N–H and O–H groups in total. The van der Waals surface area contributed by atoms with Crippen LogP contribution in [-0.4, -0.2) is 27.3 Å². The first-order chi connectivity index (χ1) is 12.7. The zero-order chi connectivity index (χ0) is 19.8. The molecule has 2 heterocycles. The van der Waals surface area contributed by atoms with Gasteiger partial charge in [0.15, 0.2) is 5.78 Å². The highest BCUT2D eigenvalue weighted by atomic mass is 79.9. The Morgan fingerprint density at radius 1 is 1.33 bits per heavy atom. The van der Waals surface area contributed by atoms with Crippen LogP contribution in [-0.2, 0) is 24.2 Å². The van der Waals surface area contributed by atoms with Gasteiger partial charge < -0.3 is 9.84 Å². The lowest BCUT2D eigenvalue weighted by Gasteiger charge is -2.30. The number of Topliss-reactive ketones (excluding diaryl/α,β-unsaturated/α-hetero) is 1. The van der Waals surface area contributed by atoms with Crippen LogP contribution >= 0.6 is 39.5 Å². The van der Waals surface area contributed by atoms with Crippen LogP contribution in [0.5, 0.6) is 0 Å². The number of aromatic carboxylic acids is 1. The van der Waals surface area contributed by atoms with Gasteiger partial charge in [-0.3, -0.25) is 4.79 Å². The molecule has 2 aromatic rings. The number of carbonyl (C=O) groups is 2. The maximum atomic E-state index is 12.5. The topological polar surface area (TPSA) is 63.6 Å². The Kier molecular flexibility index (Phi) is 5.96. The van der Waals surface area contributed by atoms with Crippen LogP contribution < -0.4 is 0 Å². The molecule has 0 spiro atoms. The van der Waals surface area contributed by atoms with Crippen LogP contribution in [0, 0.1) is 0 Å². The molecule has 7 heteroatoms. The molecule has 0 radical (unpaired) electrons. The average molecular weight is 467 g/mol. The van der Waals surface area contributed by atoms with E-state index in [-0.39, 0.29) is 17.8 Å². The van der Waals surface area contributed by atoms with Crippen molar-refractivity contribution in [2.75, 3.05) is 0 Å². The number of halogens is 1. The molecule has 1 aliphatic rings. The van der Waals surface area contributed by atoms with Crippen molar-refractivity contribution in [3.8, 4) is 0 Å². The number of carboxylic acids is 1. The van der Waals surface area contributed by atoms with Gasteiger partial charge in [0.25, 0.3) is 0 Å². The third kappa shape index (κ3) is 4.54. The largest absolute Gasteiger partial charge is 0.478 e. The number of carbonyl (C=O) groups excluding carboxylic acids is 1. The van der Waals surface area contributed by atoms with Crippen molar-refractivity contribution in [1.29, 1.82) is 0 Å². The zero-order valence-electron chi connectivity index (χ0n) is 15.0. The van der Waals surface area contributed by atoms with E-state index in [0.717, 1.165) is 14.9 Å². The molecule has 1 aromatic carbocycles. The molecular formula is C20H19BrO4S2. The third-order valence-electron chi connectivity index (χ3n) is 4.46. The molecule has 4 nitrogen and oxygen atoms in total. The lowest BCUT2D eigenvalue weighted by molar-refractivity contribution is -0.0384. The van der Waals surface area contributed by atoms with Gasteiger partial charge in [-0.05, 0) is 25.5 Å². The number of ether oxygens (including phenoxy) is 1. The molecule has 1 aromatic heterocycles. The van der Waals surface area contributed by atoms with E-state index in [4.69, 9.17) is 17.0 Å². The van der Waals surface area contributed by atoms with Gasteiger partial charge >= 0.3 is 5.97 Å². The molecule has 0 bridgehead atoms. The third-order valence-corrected chi connectivity index (χ3v) is 6.65. The number of hydrogen-bond donors (Lipinski definition) is 1. The summed E-state index contributed by atoms with van der Waals surface area (Å²) in [4.78, 5) is 26.6. The van der Waals surface area contributed by atoms with Gasteiger partial charge in [-0.1, -0.05) is 46.3 Å². The zero-order valence-corrected chi connectivity index (χ0v) is 18.2. The highest BCUT2D eigenvalue weighted by Crippen LogP contribution is 2.38. The summed E-state index contributed by atoms with van der Waals surface area (Å²) in [5.74, 6) is -1.02. The first-order valence-electron chi connectivity index (χ1n) is 8.48. The Morgan fingerprint density at radius 3 is 2.70 bits per heavy atom. The van der Waals surface area contributed by atoms with Crippen molar-refractivity contribution in [2.24, 2.45) is 0 Å². The lowest BCUT2D eigenvalue weighted by Crippen LogP contribution is -2.31. The average Bonchev–Trinajstić information content (AvgIpc) is 2.90. The summed E-state index contributed by atoms with van der Waals surface area (Å²) < 4.78 is 6.54. The minimum atomic E-state index is -0.944. The maximum Gasteiger partial charge on any atom is 0.337 e. The Bertz CT molecular complexity index is 930. The molecule has 27 heavy (non-hydrogen) atoms. The van der Waals surface area contributed by atoms with Crippen LogP contribution in [0.4, 0.5) is 0 Å². The summed E-state index contributed by atoms with van der Waals surface area (Å²) in [5.41, 5.74) is 1.38. The molecule has 0 fully saturated rings. The van der Waals surface area contributed by atoms with Crippen molar-refractivity contribution in [1.82, 2.24) is 0 Å². The summed E-state index contributed by atoms with van der Waals surface area (Å²) in [6.07, 6.45) is 0.982. The molecule has 3 rings (SSSR count). The Labute approximate surface area is 175 Å². The van der Waals surface area contributed by atoms with E-state index in [9.17, 15) is 14.7 Å². The van der Waals surface area contributed by atoms with E-state index < -0.39 is 5.97 Å². The van der Waals surface area contributed by atoms with E-state index in [2.05, 4.69) is 15.9 Å². The van der Waals surface area contributed by atoms with Crippen LogP contribution in [0.1, 0.15) is 56.3 Å². The summed E-state index contributed by atoms with van der Waals surface area (Å²) >= 11 is 10.2. The molecule has 0 saturated carbocycles. The summed E-state index contributed by atoms with van der Waals surface area (Å²) in [6, 6.07) is 7.21. The molecule has 0 unspecified atom stereocenters. The SMILES string of the molecule is CC1(C)Cc2c(sc(CC(=S)CC(=O)c3ccccc3Br)c2C(=O)O)CO1. The van der Waals surface area contributed by atoms with Gasteiger partial charge in [0.2, 0.25) is 0 Å². The number of thiocarbonyl (C=S) groups is 1. The fourth-order valence-electron chi connectivity index (χ4n) is 3.19. The second-order valence-corrected chi connectivity index (χ2v) is 9.75.